The molecule has 1 saturated heterocycles. The Bertz CT molecular complexity index is 397. The van der Waals surface area contributed by atoms with Crippen molar-refractivity contribution < 1.29 is 0 Å². The van der Waals surface area contributed by atoms with Crippen LogP contribution in [0.4, 0.5) is 5.82 Å². The summed E-state index contributed by atoms with van der Waals surface area (Å²) >= 11 is 6.14. The van der Waals surface area contributed by atoms with E-state index in [1.54, 1.807) is 6.20 Å². The van der Waals surface area contributed by atoms with Crippen LogP contribution in [0.5, 0.6) is 0 Å². The van der Waals surface area contributed by atoms with E-state index in [1.807, 2.05) is 7.05 Å². The molecule has 1 aliphatic rings. The molecular weight excluding hydrogens is 248 g/mol. The molecule has 0 radical (unpaired) electrons. The maximum absolute atomic E-state index is 6.14. The van der Waals surface area contributed by atoms with Crippen molar-refractivity contribution in [3.05, 3.63) is 22.8 Å². The fraction of sp³-hybridized carbons (Fsp3) is 0.615. The Balaban J connectivity index is 2.14. The zero-order chi connectivity index (χ0) is 13.0. The molecule has 0 spiro atoms. The Labute approximate surface area is 114 Å². The van der Waals surface area contributed by atoms with Crippen LogP contribution in [-0.4, -0.2) is 50.2 Å². The van der Waals surface area contributed by atoms with Gasteiger partial charge in [-0.2, -0.15) is 0 Å². The molecule has 0 amide bonds. The maximum Gasteiger partial charge on any atom is 0.128 e. The topological polar surface area (TPSA) is 31.4 Å². The van der Waals surface area contributed by atoms with Crippen LogP contribution in [-0.2, 0) is 6.54 Å². The number of hydrogen-bond donors (Lipinski definition) is 1. The van der Waals surface area contributed by atoms with Gasteiger partial charge >= 0.3 is 0 Å². The molecule has 1 aromatic heterocycles. The zero-order valence-corrected chi connectivity index (χ0v) is 11.9. The molecule has 1 aliphatic heterocycles. The standard InChI is InChI=1S/C13H21ClN4/c1-15-9-11-8-13(16-10-12(11)14)18-5-3-4-17(2)6-7-18/h8,10,15H,3-7,9H2,1-2H3. The Morgan fingerprint density at radius 2 is 2.17 bits per heavy atom. The van der Waals surface area contributed by atoms with Gasteiger partial charge in [0, 0.05) is 32.4 Å². The lowest BCUT2D eigenvalue weighted by atomic mass is 10.2. The highest BCUT2D eigenvalue weighted by atomic mass is 35.5. The molecule has 0 aromatic carbocycles. The summed E-state index contributed by atoms with van der Waals surface area (Å²) in [5.74, 6) is 1.04. The molecule has 1 N–H and O–H groups in total. The second kappa shape index (κ2) is 6.36. The maximum atomic E-state index is 6.14. The molecule has 0 saturated carbocycles. The van der Waals surface area contributed by atoms with Crippen LogP contribution in [0.25, 0.3) is 0 Å². The zero-order valence-electron chi connectivity index (χ0n) is 11.1. The van der Waals surface area contributed by atoms with Crippen molar-refractivity contribution in [3.8, 4) is 0 Å². The highest BCUT2D eigenvalue weighted by Crippen LogP contribution is 2.21. The van der Waals surface area contributed by atoms with Crippen molar-refractivity contribution in [2.45, 2.75) is 13.0 Å². The average molecular weight is 269 g/mol. The highest BCUT2D eigenvalue weighted by Gasteiger charge is 2.14. The van der Waals surface area contributed by atoms with E-state index in [0.717, 1.165) is 49.1 Å². The fourth-order valence-corrected chi connectivity index (χ4v) is 2.41. The molecule has 0 aliphatic carbocycles. The van der Waals surface area contributed by atoms with E-state index in [-0.39, 0.29) is 0 Å². The lowest BCUT2D eigenvalue weighted by Gasteiger charge is -2.22. The Morgan fingerprint density at radius 3 is 2.94 bits per heavy atom. The number of hydrogen-bond acceptors (Lipinski definition) is 4. The highest BCUT2D eigenvalue weighted by molar-refractivity contribution is 6.31. The van der Waals surface area contributed by atoms with Gasteiger partial charge in [0.25, 0.3) is 0 Å². The Kier molecular flexibility index (Phi) is 4.80. The van der Waals surface area contributed by atoms with Gasteiger partial charge in [-0.3, -0.25) is 0 Å². The molecule has 100 valence electrons. The van der Waals surface area contributed by atoms with Gasteiger partial charge in [-0.05, 0) is 38.7 Å². The number of pyridine rings is 1. The second-order valence-corrected chi connectivity index (χ2v) is 5.22. The van der Waals surface area contributed by atoms with Crippen LogP contribution < -0.4 is 10.2 Å². The first-order valence-corrected chi connectivity index (χ1v) is 6.81. The number of rotatable bonds is 3. The van der Waals surface area contributed by atoms with Gasteiger partial charge < -0.3 is 15.1 Å². The largest absolute Gasteiger partial charge is 0.355 e. The summed E-state index contributed by atoms with van der Waals surface area (Å²) < 4.78 is 0. The number of nitrogens with one attached hydrogen (secondary N) is 1. The van der Waals surface area contributed by atoms with Crippen LogP contribution in [0, 0.1) is 0 Å². The summed E-state index contributed by atoms with van der Waals surface area (Å²) in [5, 5.41) is 3.87. The van der Waals surface area contributed by atoms with Crippen molar-refractivity contribution in [1.29, 1.82) is 0 Å². The quantitative estimate of drug-likeness (QED) is 0.902. The number of anilines is 1. The van der Waals surface area contributed by atoms with Crippen molar-refractivity contribution in [3.63, 3.8) is 0 Å². The van der Waals surface area contributed by atoms with Crippen LogP contribution in [0.15, 0.2) is 12.3 Å². The molecule has 0 unspecified atom stereocenters. The van der Waals surface area contributed by atoms with Crippen LogP contribution in [0.2, 0.25) is 5.02 Å². The second-order valence-electron chi connectivity index (χ2n) is 4.81. The summed E-state index contributed by atoms with van der Waals surface area (Å²) in [7, 11) is 4.10. The molecule has 2 rings (SSSR count). The molecule has 0 bridgehead atoms. The summed E-state index contributed by atoms with van der Waals surface area (Å²) in [4.78, 5) is 9.17. The molecule has 1 aromatic rings. The minimum Gasteiger partial charge on any atom is -0.355 e. The van der Waals surface area contributed by atoms with Gasteiger partial charge in [-0.1, -0.05) is 11.6 Å². The van der Waals surface area contributed by atoms with E-state index < -0.39 is 0 Å². The smallest absolute Gasteiger partial charge is 0.128 e. The van der Waals surface area contributed by atoms with Gasteiger partial charge in [-0.15, -0.1) is 0 Å². The predicted octanol–water partition coefficient (Wildman–Crippen LogP) is 1.60. The third-order valence-electron chi connectivity index (χ3n) is 3.33. The third-order valence-corrected chi connectivity index (χ3v) is 3.67. The van der Waals surface area contributed by atoms with E-state index in [2.05, 4.69) is 33.2 Å². The first-order chi connectivity index (χ1) is 8.70. The third kappa shape index (κ3) is 3.34. The van der Waals surface area contributed by atoms with Crippen molar-refractivity contribution in [2.75, 3.05) is 45.2 Å². The fourth-order valence-electron chi connectivity index (χ4n) is 2.24. The first kappa shape index (κ1) is 13.6. The van der Waals surface area contributed by atoms with Crippen molar-refractivity contribution in [2.24, 2.45) is 0 Å². The minimum atomic E-state index is 0.736. The SMILES string of the molecule is CNCc1cc(N2CCCN(C)CC2)ncc1Cl. The molecule has 18 heavy (non-hydrogen) atoms. The molecule has 2 heterocycles. The average Bonchev–Trinajstić information content (AvgIpc) is 2.57. The van der Waals surface area contributed by atoms with Crippen molar-refractivity contribution >= 4 is 17.4 Å². The summed E-state index contributed by atoms with van der Waals surface area (Å²) in [5.41, 5.74) is 1.11. The molecule has 0 atom stereocenters. The summed E-state index contributed by atoms with van der Waals surface area (Å²) in [6.45, 7) is 5.13. The molecule has 5 heteroatoms. The summed E-state index contributed by atoms with van der Waals surface area (Å²) in [6, 6.07) is 2.10. The van der Waals surface area contributed by atoms with Gasteiger partial charge in [0.2, 0.25) is 0 Å². The van der Waals surface area contributed by atoms with Gasteiger partial charge in [0.1, 0.15) is 5.82 Å². The normalized spacial score (nSPS) is 17.8. The van der Waals surface area contributed by atoms with Crippen LogP contribution >= 0.6 is 11.6 Å². The minimum absolute atomic E-state index is 0.736. The summed E-state index contributed by atoms with van der Waals surface area (Å²) in [6.07, 6.45) is 2.94. The Hall–Kier alpha value is -0.840. The molecular formula is C13H21ClN4. The van der Waals surface area contributed by atoms with E-state index in [0.29, 0.717) is 0 Å². The monoisotopic (exact) mass is 268 g/mol. The van der Waals surface area contributed by atoms with E-state index in [4.69, 9.17) is 11.6 Å². The lowest BCUT2D eigenvalue weighted by molar-refractivity contribution is 0.360. The predicted molar refractivity (Wildman–Crippen MR) is 76.3 cm³/mol. The van der Waals surface area contributed by atoms with Crippen LogP contribution in [0.3, 0.4) is 0 Å². The van der Waals surface area contributed by atoms with Gasteiger partial charge in [-0.25, -0.2) is 4.98 Å². The van der Waals surface area contributed by atoms with E-state index >= 15 is 0 Å². The van der Waals surface area contributed by atoms with E-state index in [1.165, 1.54) is 6.42 Å². The van der Waals surface area contributed by atoms with Crippen molar-refractivity contribution in [1.82, 2.24) is 15.2 Å². The van der Waals surface area contributed by atoms with Gasteiger partial charge in [0.15, 0.2) is 0 Å². The van der Waals surface area contributed by atoms with Gasteiger partial charge in [0.05, 0.1) is 5.02 Å². The lowest BCUT2D eigenvalue weighted by Crippen LogP contribution is -2.29. The molecule has 4 nitrogen and oxygen atoms in total. The first-order valence-electron chi connectivity index (χ1n) is 6.43. The van der Waals surface area contributed by atoms with Crippen LogP contribution in [0.1, 0.15) is 12.0 Å². The number of nitrogens with zero attached hydrogens (tertiary/aromatic N) is 3. The number of halogens is 1. The number of likely N-dealkylation sites (N-methyl/N-ethyl adjacent to an activating group) is 1. The van der Waals surface area contributed by atoms with E-state index in [9.17, 15) is 0 Å². The Morgan fingerprint density at radius 1 is 1.33 bits per heavy atom. The molecule has 1 fully saturated rings. The number of aromatic nitrogens is 1.